The summed E-state index contributed by atoms with van der Waals surface area (Å²) in [5.41, 5.74) is -0.902. The first-order valence-corrected chi connectivity index (χ1v) is 6.35. The lowest BCUT2D eigenvalue weighted by Crippen LogP contribution is -2.62. The van der Waals surface area contributed by atoms with Crippen LogP contribution in [0, 0.1) is 15.9 Å². The molecular formula is C12H14ClFN2O3. The molecule has 0 aromatic heterocycles. The van der Waals surface area contributed by atoms with E-state index >= 15 is 0 Å². The zero-order valence-electron chi connectivity index (χ0n) is 10.4. The Morgan fingerprint density at radius 1 is 1.58 bits per heavy atom. The highest BCUT2D eigenvalue weighted by atomic mass is 35.5. The first-order valence-electron chi connectivity index (χ1n) is 5.97. The number of hydrogen-bond acceptors (Lipinski definition) is 4. The average molecular weight is 289 g/mol. The highest BCUT2D eigenvalue weighted by Gasteiger charge is 2.42. The molecule has 0 atom stereocenters. The van der Waals surface area contributed by atoms with E-state index in [1.165, 1.54) is 6.07 Å². The minimum Gasteiger partial charge on any atom is -0.386 e. The van der Waals surface area contributed by atoms with E-state index in [-0.39, 0.29) is 16.4 Å². The van der Waals surface area contributed by atoms with Crippen molar-refractivity contribution < 1.29 is 14.4 Å². The monoisotopic (exact) mass is 288 g/mol. The molecule has 1 saturated heterocycles. The van der Waals surface area contributed by atoms with Gasteiger partial charge in [0.2, 0.25) is 0 Å². The average Bonchev–Trinajstić information content (AvgIpc) is 2.29. The summed E-state index contributed by atoms with van der Waals surface area (Å²) in [5, 5.41) is 20.8. The van der Waals surface area contributed by atoms with Crippen LogP contribution in [0.2, 0.25) is 5.02 Å². The Bertz CT molecular complexity index is 518. The second-order valence-corrected chi connectivity index (χ2v) is 5.25. The maximum absolute atomic E-state index is 13.3. The SMILES string of the molecule is CCCC1(O)CN(c2cc(Cl)c(F)cc2[N+](=O)[O-])C1. The van der Waals surface area contributed by atoms with E-state index < -0.39 is 16.3 Å². The Labute approximate surface area is 114 Å². The van der Waals surface area contributed by atoms with E-state index in [0.717, 1.165) is 12.5 Å². The molecular weight excluding hydrogens is 275 g/mol. The molecule has 0 saturated carbocycles. The van der Waals surface area contributed by atoms with Gasteiger partial charge in [-0.1, -0.05) is 24.9 Å². The highest BCUT2D eigenvalue weighted by Crippen LogP contribution is 2.38. The highest BCUT2D eigenvalue weighted by molar-refractivity contribution is 6.31. The van der Waals surface area contributed by atoms with Crippen LogP contribution in [0.1, 0.15) is 19.8 Å². The lowest BCUT2D eigenvalue weighted by molar-refractivity contribution is -0.384. The van der Waals surface area contributed by atoms with Crippen molar-refractivity contribution in [1.29, 1.82) is 0 Å². The van der Waals surface area contributed by atoms with Gasteiger partial charge in [-0.3, -0.25) is 10.1 Å². The molecule has 0 aliphatic carbocycles. The van der Waals surface area contributed by atoms with Gasteiger partial charge in [-0.25, -0.2) is 4.39 Å². The summed E-state index contributed by atoms with van der Waals surface area (Å²) in [7, 11) is 0. The number of rotatable bonds is 4. The quantitative estimate of drug-likeness (QED) is 0.683. The molecule has 2 rings (SSSR count). The molecule has 1 aliphatic rings. The number of nitro groups is 1. The maximum Gasteiger partial charge on any atom is 0.295 e. The predicted molar refractivity (Wildman–Crippen MR) is 70.1 cm³/mol. The van der Waals surface area contributed by atoms with Gasteiger partial charge in [-0.2, -0.15) is 0 Å². The van der Waals surface area contributed by atoms with Crippen LogP contribution in [0.25, 0.3) is 0 Å². The molecule has 5 nitrogen and oxygen atoms in total. The van der Waals surface area contributed by atoms with Crippen molar-refractivity contribution in [3.05, 3.63) is 33.1 Å². The number of β-amino-alcohol motifs (C(OH)–C–C–N with tert-alkyl or cyclic N) is 1. The Balaban J connectivity index is 2.27. The number of benzene rings is 1. The van der Waals surface area contributed by atoms with Crippen LogP contribution >= 0.6 is 11.6 Å². The second kappa shape index (κ2) is 4.94. The topological polar surface area (TPSA) is 66.6 Å². The molecule has 0 spiro atoms. The van der Waals surface area contributed by atoms with Gasteiger partial charge in [0.15, 0.2) is 0 Å². The number of nitro benzene ring substituents is 1. The lowest BCUT2D eigenvalue weighted by atomic mass is 9.88. The first-order chi connectivity index (χ1) is 8.86. The summed E-state index contributed by atoms with van der Waals surface area (Å²) < 4.78 is 13.3. The van der Waals surface area contributed by atoms with Gasteiger partial charge in [0.1, 0.15) is 11.5 Å². The molecule has 1 fully saturated rings. The van der Waals surface area contributed by atoms with Crippen molar-refractivity contribution in [3.63, 3.8) is 0 Å². The molecule has 1 N–H and O–H groups in total. The van der Waals surface area contributed by atoms with E-state index in [9.17, 15) is 19.6 Å². The van der Waals surface area contributed by atoms with Gasteiger partial charge < -0.3 is 10.0 Å². The van der Waals surface area contributed by atoms with Crippen LogP contribution in [-0.4, -0.2) is 28.7 Å². The van der Waals surface area contributed by atoms with Crippen LogP contribution in [0.3, 0.4) is 0 Å². The minimum atomic E-state index is -0.818. The van der Waals surface area contributed by atoms with Crippen molar-refractivity contribution in [2.75, 3.05) is 18.0 Å². The van der Waals surface area contributed by atoms with E-state index in [4.69, 9.17) is 11.6 Å². The molecule has 0 amide bonds. The molecule has 0 bridgehead atoms. The van der Waals surface area contributed by atoms with Gasteiger partial charge in [0, 0.05) is 13.1 Å². The standard InChI is InChI=1S/C12H14ClFN2O3/c1-2-3-12(17)6-15(7-12)10-4-8(13)9(14)5-11(10)16(18)19/h4-5,17H,2-3,6-7H2,1H3. The van der Waals surface area contributed by atoms with Gasteiger partial charge in [-0.05, 0) is 12.5 Å². The molecule has 0 radical (unpaired) electrons. The Hall–Kier alpha value is -1.40. The number of hydrogen-bond donors (Lipinski definition) is 1. The van der Waals surface area contributed by atoms with Gasteiger partial charge >= 0.3 is 0 Å². The molecule has 19 heavy (non-hydrogen) atoms. The molecule has 1 aliphatic heterocycles. The Morgan fingerprint density at radius 2 is 2.21 bits per heavy atom. The van der Waals surface area contributed by atoms with E-state index in [0.29, 0.717) is 19.5 Å². The number of halogens is 2. The second-order valence-electron chi connectivity index (χ2n) is 4.84. The zero-order valence-corrected chi connectivity index (χ0v) is 11.2. The van der Waals surface area contributed by atoms with Crippen LogP contribution < -0.4 is 4.90 Å². The summed E-state index contributed by atoms with van der Waals surface area (Å²) in [6.45, 7) is 2.55. The van der Waals surface area contributed by atoms with E-state index in [1.54, 1.807) is 4.90 Å². The summed E-state index contributed by atoms with van der Waals surface area (Å²) in [6, 6.07) is 2.05. The van der Waals surface area contributed by atoms with Gasteiger partial charge in [0.25, 0.3) is 5.69 Å². The van der Waals surface area contributed by atoms with Crippen LogP contribution in [-0.2, 0) is 0 Å². The third kappa shape index (κ3) is 2.64. The molecule has 1 aromatic carbocycles. The lowest BCUT2D eigenvalue weighted by Gasteiger charge is -2.47. The smallest absolute Gasteiger partial charge is 0.295 e. The summed E-state index contributed by atoms with van der Waals surface area (Å²) in [5.74, 6) is -0.818. The Kier molecular flexibility index (Phi) is 3.64. The van der Waals surface area contributed by atoms with E-state index in [1.807, 2.05) is 6.92 Å². The predicted octanol–water partition coefficient (Wildman–Crippen LogP) is 2.74. The molecule has 7 heteroatoms. The van der Waals surface area contributed by atoms with Gasteiger partial charge in [0.05, 0.1) is 21.6 Å². The first kappa shape index (κ1) is 14.0. The molecule has 1 aromatic rings. The van der Waals surface area contributed by atoms with Crippen molar-refractivity contribution in [3.8, 4) is 0 Å². The van der Waals surface area contributed by atoms with E-state index in [2.05, 4.69) is 0 Å². The van der Waals surface area contributed by atoms with Crippen molar-refractivity contribution in [2.45, 2.75) is 25.4 Å². The fraction of sp³-hybridized carbons (Fsp3) is 0.500. The number of nitrogens with zero attached hydrogens (tertiary/aromatic N) is 2. The zero-order chi connectivity index (χ0) is 14.2. The number of aliphatic hydroxyl groups is 1. The minimum absolute atomic E-state index is 0.161. The third-order valence-electron chi connectivity index (χ3n) is 3.24. The number of anilines is 1. The summed E-state index contributed by atoms with van der Waals surface area (Å²) in [6.07, 6.45) is 1.46. The maximum atomic E-state index is 13.3. The van der Waals surface area contributed by atoms with Crippen molar-refractivity contribution in [2.24, 2.45) is 0 Å². The van der Waals surface area contributed by atoms with Crippen molar-refractivity contribution in [1.82, 2.24) is 0 Å². The molecule has 0 unspecified atom stereocenters. The Morgan fingerprint density at radius 3 is 2.74 bits per heavy atom. The van der Waals surface area contributed by atoms with Crippen LogP contribution in [0.15, 0.2) is 12.1 Å². The molecule has 1 heterocycles. The summed E-state index contributed by atoms with van der Waals surface area (Å²) >= 11 is 5.66. The normalized spacial score (nSPS) is 17.2. The van der Waals surface area contributed by atoms with Crippen molar-refractivity contribution >= 4 is 23.0 Å². The fourth-order valence-electron chi connectivity index (χ4n) is 2.38. The molecule has 104 valence electrons. The third-order valence-corrected chi connectivity index (χ3v) is 3.53. The summed E-state index contributed by atoms with van der Waals surface area (Å²) in [4.78, 5) is 11.9. The fourth-order valence-corrected chi connectivity index (χ4v) is 2.54. The largest absolute Gasteiger partial charge is 0.386 e. The van der Waals surface area contributed by atoms with Gasteiger partial charge in [-0.15, -0.1) is 0 Å². The van der Waals surface area contributed by atoms with Crippen LogP contribution in [0.5, 0.6) is 0 Å². The van der Waals surface area contributed by atoms with Crippen LogP contribution in [0.4, 0.5) is 15.8 Å².